The predicted octanol–water partition coefficient (Wildman–Crippen LogP) is 5.00. The lowest BCUT2D eigenvalue weighted by atomic mass is 9.95. The zero-order valence-corrected chi connectivity index (χ0v) is 15.4. The Kier molecular flexibility index (Phi) is 4.63. The maximum Gasteiger partial charge on any atom is 0.177 e. The van der Waals surface area contributed by atoms with E-state index in [0.717, 1.165) is 29.8 Å². The van der Waals surface area contributed by atoms with E-state index in [9.17, 15) is 8.78 Å². The average Bonchev–Trinajstić information content (AvgIpc) is 3.19. The fraction of sp³-hybridized carbons (Fsp3) is 0.263. The van der Waals surface area contributed by atoms with Gasteiger partial charge in [0.05, 0.1) is 5.02 Å². The lowest BCUT2D eigenvalue weighted by Gasteiger charge is -2.13. The van der Waals surface area contributed by atoms with Gasteiger partial charge in [0.25, 0.3) is 0 Å². The van der Waals surface area contributed by atoms with E-state index in [1.54, 1.807) is 6.20 Å². The van der Waals surface area contributed by atoms with Crippen LogP contribution < -0.4 is 0 Å². The number of nitrogens with one attached hydrogen (secondary N) is 1. The van der Waals surface area contributed by atoms with Crippen molar-refractivity contribution in [3.8, 4) is 0 Å². The van der Waals surface area contributed by atoms with Crippen LogP contribution in [0, 0.1) is 16.4 Å². The Balaban J connectivity index is 1.60. The Morgan fingerprint density at radius 1 is 1.27 bits per heavy atom. The number of aromatic amines is 1. The second-order valence-corrected chi connectivity index (χ2v) is 7.28. The smallest absolute Gasteiger partial charge is 0.177 e. The van der Waals surface area contributed by atoms with Crippen molar-refractivity contribution in [3.05, 3.63) is 80.6 Å². The van der Waals surface area contributed by atoms with Crippen LogP contribution in [0.15, 0.2) is 36.7 Å². The highest BCUT2D eigenvalue weighted by molar-refractivity contribution is 7.71. The maximum absolute atomic E-state index is 14.4. The van der Waals surface area contributed by atoms with E-state index in [4.69, 9.17) is 23.8 Å². The fourth-order valence-electron chi connectivity index (χ4n) is 3.63. The topological polar surface area (TPSA) is 33.6 Å². The molecule has 1 aliphatic heterocycles. The molecule has 1 aromatic carbocycles. The summed E-state index contributed by atoms with van der Waals surface area (Å²) in [7, 11) is 0. The van der Waals surface area contributed by atoms with Gasteiger partial charge >= 0.3 is 0 Å². The summed E-state index contributed by atoms with van der Waals surface area (Å²) in [6.45, 7) is 0.450. The van der Waals surface area contributed by atoms with E-state index < -0.39 is 11.6 Å². The monoisotopic (exact) mass is 391 g/mol. The van der Waals surface area contributed by atoms with Gasteiger partial charge in [-0.3, -0.25) is 4.98 Å². The van der Waals surface area contributed by atoms with Gasteiger partial charge in [0.15, 0.2) is 4.77 Å². The first kappa shape index (κ1) is 17.4. The molecule has 0 radical (unpaired) electrons. The maximum atomic E-state index is 14.4. The number of pyridine rings is 1. The molecule has 0 bridgehead atoms. The number of fused-ring (bicyclic) bond motifs is 1. The summed E-state index contributed by atoms with van der Waals surface area (Å²) in [5, 5.41) is -0.0556. The molecular formula is C19H16ClF2N3S. The summed E-state index contributed by atoms with van der Waals surface area (Å²) in [6, 6.07) is 6.40. The minimum Gasteiger partial charge on any atom is -0.334 e. The first-order valence-electron chi connectivity index (χ1n) is 8.37. The van der Waals surface area contributed by atoms with Crippen LogP contribution in [0.2, 0.25) is 5.02 Å². The third-order valence-corrected chi connectivity index (χ3v) is 5.51. The number of nitrogens with zero attached hydrogens (tertiary/aromatic N) is 2. The molecule has 3 nitrogen and oxygen atoms in total. The van der Waals surface area contributed by atoms with E-state index in [0.29, 0.717) is 17.7 Å². The summed E-state index contributed by atoms with van der Waals surface area (Å²) in [5.74, 6) is -1.54. The molecule has 0 fully saturated rings. The van der Waals surface area contributed by atoms with Crippen LogP contribution in [0.5, 0.6) is 0 Å². The molecule has 0 spiro atoms. The molecule has 2 aromatic heterocycles. The highest BCUT2D eigenvalue weighted by atomic mass is 35.5. The molecule has 0 saturated carbocycles. The standard InChI is InChI=1S/C19H16ClF2N3S/c20-13-4-5-14(21)17(18(13)22)12-8-16-15(24-19(26)25(16)10-12)6-3-11-2-1-7-23-9-11/h1-2,4-5,7,9,12H,3,6,8,10H2,(H,24,26)/t12-/m1/s1. The lowest BCUT2D eigenvalue weighted by molar-refractivity contribution is 0.513. The molecule has 1 atom stereocenters. The van der Waals surface area contributed by atoms with E-state index in [2.05, 4.69) is 9.97 Å². The highest BCUT2D eigenvalue weighted by Gasteiger charge is 2.31. The van der Waals surface area contributed by atoms with Gasteiger partial charge < -0.3 is 9.55 Å². The van der Waals surface area contributed by atoms with E-state index in [-0.39, 0.29) is 16.5 Å². The molecule has 1 aliphatic rings. The second kappa shape index (κ2) is 6.93. The molecule has 1 N–H and O–H groups in total. The number of aryl methyl sites for hydroxylation is 2. The van der Waals surface area contributed by atoms with Gasteiger partial charge in [0, 0.05) is 41.8 Å². The Morgan fingerprint density at radius 3 is 2.88 bits per heavy atom. The van der Waals surface area contributed by atoms with Crippen LogP contribution in [0.1, 0.15) is 28.4 Å². The van der Waals surface area contributed by atoms with Crippen LogP contribution in [-0.2, 0) is 25.8 Å². The predicted molar refractivity (Wildman–Crippen MR) is 99.1 cm³/mol. The summed E-state index contributed by atoms with van der Waals surface area (Å²) in [4.78, 5) is 7.36. The minimum absolute atomic E-state index is 0.0498. The first-order valence-corrected chi connectivity index (χ1v) is 9.16. The minimum atomic E-state index is -0.672. The van der Waals surface area contributed by atoms with Gasteiger partial charge in [0.1, 0.15) is 11.6 Å². The number of hydrogen-bond acceptors (Lipinski definition) is 2. The lowest BCUT2D eigenvalue weighted by Crippen LogP contribution is -2.08. The summed E-state index contributed by atoms with van der Waals surface area (Å²) in [5.41, 5.74) is 3.22. The van der Waals surface area contributed by atoms with E-state index in [1.165, 1.54) is 12.1 Å². The Bertz CT molecular complexity index is 1010. The van der Waals surface area contributed by atoms with E-state index in [1.807, 2.05) is 22.9 Å². The molecule has 3 heterocycles. The van der Waals surface area contributed by atoms with Gasteiger partial charge in [-0.1, -0.05) is 17.7 Å². The van der Waals surface area contributed by atoms with Gasteiger partial charge in [0.2, 0.25) is 0 Å². The van der Waals surface area contributed by atoms with Crippen molar-refractivity contribution < 1.29 is 8.78 Å². The Morgan fingerprint density at radius 2 is 2.12 bits per heavy atom. The van der Waals surface area contributed by atoms with Crippen LogP contribution in [-0.4, -0.2) is 14.5 Å². The SMILES string of the molecule is Fc1ccc(Cl)c(F)c1[C@@H]1Cc2c(CCc3cccnc3)[nH]c(=S)n2C1. The molecule has 4 rings (SSSR count). The summed E-state index contributed by atoms with van der Waals surface area (Å²) < 4.78 is 31.2. The van der Waals surface area contributed by atoms with Crippen molar-refractivity contribution in [1.29, 1.82) is 0 Å². The quantitative estimate of drug-likeness (QED) is 0.501. The summed E-state index contributed by atoms with van der Waals surface area (Å²) in [6.07, 6.45) is 5.70. The molecule has 0 amide bonds. The van der Waals surface area contributed by atoms with E-state index >= 15 is 0 Å². The van der Waals surface area contributed by atoms with Crippen LogP contribution in [0.25, 0.3) is 0 Å². The largest absolute Gasteiger partial charge is 0.334 e. The zero-order valence-electron chi connectivity index (χ0n) is 13.8. The number of benzene rings is 1. The normalized spacial score (nSPS) is 16.0. The van der Waals surface area contributed by atoms with Crippen LogP contribution in [0.3, 0.4) is 0 Å². The van der Waals surface area contributed by atoms with Crippen molar-refractivity contribution in [1.82, 2.24) is 14.5 Å². The molecule has 0 unspecified atom stereocenters. The zero-order chi connectivity index (χ0) is 18.3. The third kappa shape index (κ3) is 3.08. The van der Waals surface area contributed by atoms with Crippen molar-refractivity contribution in [2.45, 2.75) is 31.7 Å². The van der Waals surface area contributed by atoms with Crippen molar-refractivity contribution in [2.24, 2.45) is 0 Å². The average molecular weight is 392 g/mol. The number of hydrogen-bond donors (Lipinski definition) is 1. The Hall–Kier alpha value is -2.05. The van der Waals surface area contributed by atoms with Crippen molar-refractivity contribution >= 4 is 23.8 Å². The van der Waals surface area contributed by atoms with Crippen molar-refractivity contribution in [2.75, 3.05) is 0 Å². The molecule has 7 heteroatoms. The number of H-pyrrole nitrogens is 1. The molecule has 134 valence electrons. The van der Waals surface area contributed by atoms with Crippen LogP contribution in [0.4, 0.5) is 8.78 Å². The Labute approximate surface area is 159 Å². The van der Waals surface area contributed by atoms with Crippen molar-refractivity contribution in [3.63, 3.8) is 0 Å². The first-order chi connectivity index (χ1) is 12.5. The molecule has 0 saturated heterocycles. The number of aromatic nitrogens is 3. The van der Waals surface area contributed by atoms with Crippen LogP contribution >= 0.6 is 23.8 Å². The van der Waals surface area contributed by atoms with Gasteiger partial charge in [-0.25, -0.2) is 8.78 Å². The number of halogens is 3. The van der Waals surface area contributed by atoms with Gasteiger partial charge in [-0.05, 0) is 55.2 Å². The molecule has 3 aromatic rings. The third-order valence-electron chi connectivity index (χ3n) is 4.89. The van der Waals surface area contributed by atoms with Gasteiger partial charge in [-0.2, -0.15) is 0 Å². The molecule has 26 heavy (non-hydrogen) atoms. The highest BCUT2D eigenvalue weighted by Crippen LogP contribution is 2.36. The van der Waals surface area contributed by atoms with Gasteiger partial charge in [-0.15, -0.1) is 0 Å². The second-order valence-electron chi connectivity index (χ2n) is 6.49. The number of imidazole rings is 1. The molecule has 0 aliphatic carbocycles. The number of rotatable bonds is 4. The molecular weight excluding hydrogens is 376 g/mol. The fourth-order valence-corrected chi connectivity index (χ4v) is 4.10. The summed E-state index contributed by atoms with van der Waals surface area (Å²) >= 11 is 11.3.